The van der Waals surface area contributed by atoms with Crippen molar-refractivity contribution in [1.29, 1.82) is 0 Å². The molecule has 0 heterocycles. The van der Waals surface area contributed by atoms with Crippen LogP contribution in [-0.4, -0.2) is 50.2 Å². The van der Waals surface area contributed by atoms with E-state index in [2.05, 4.69) is 24.1 Å². The van der Waals surface area contributed by atoms with Crippen molar-refractivity contribution in [1.82, 2.24) is 11.0 Å². The molecule has 0 spiro atoms. The fourth-order valence-corrected chi connectivity index (χ4v) is 1.97. The van der Waals surface area contributed by atoms with Crippen molar-refractivity contribution in [3.05, 3.63) is 24.3 Å². The molecule has 0 aliphatic carbocycles. The normalized spacial score (nSPS) is 10.7. The molecule has 10 heteroatoms. The van der Waals surface area contributed by atoms with Crippen LogP contribution in [0.4, 0.5) is 0 Å². The van der Waals surface area contributed by atoms with Crippen molar-refractivity contribution in [3.63, 3.8) is 0 Å². The molecule has 0 aliphatic heterocycles. The second kappa shape index (κ2) is 15.1. The zero-order chi connectivity index (χ0) is 23.9. The molecule has 0 aromatic heterocycles. The highest BCUT2D eigenvalue weighted by Crippen LogP contribution is 2.23. The molecule has 31 heavy (non-hydrogen) atoms. The van der Waals surface area contributed by atoms with Gasteiger partial charge in [0.1, 0.15) is 13.2 Å². The lowest BCUT2D eigenvalue weighted by Crippen LogP contribution is -2.29. The van der Waals surface area contributed by atoms with Crippen LogP contribution in [0.2, 0.25) is 0 Å². The second-order valence-corrected chi connectivity index (χ2v) is 7.73. The summed E-state index contributed by atoms with van der Waals surface area (Å²) in [6.45, 7) is 14.7. The van der Waals surface area contributed by atoms with Gasteiger partial charge < -0.3 is 19.1 Å². The van der Waals surface area contributed by atoms with Crippen molar-refractivity contribution in [3.8, 4) is 0 Å². The Morgan fingerprint density at radius 1 is 0.742 bits per heavy atom. The number of carbonyl (C=O) groups is 4. The van der Waals surface area contributed by atoms with Gasteiger partial charge in [-0.2, -0.15) is 11.0 Å². The zero-order valence-corrected chi connectivity index (χ0v) is 18.8. The van der Waals surface area contributed by atoms with Crippen molar-refractivity contribution < 1.29 is 38.3 Å². The maximum Gasteiger partial charge on any atom is 0.333 e. The molecule has 176 valence electrons. The van der Waals surface area contributed by atoms with E-state index >= 15 is 0 Å². The maximum absolute atomic E-state index is 11.6. The summed E-state index contributed by atoms with van der Waals surface area (Å²) in [5.41, 5.74) is 5.59. The van der Waals surface area contributed by atoms with Crippen LogP contribution in [0.25, 0.3) is 0 Å². The topological polar surface area (TPSA) is 129 Å². The summed E-state index contributed by atoms with van der Waals surface area (Å²) in [7, 11) is 0. The molecule has 0 saturated carbocycles. The molecule has 0 rings (SSSR count). The Labute approximate surface area is 183 Å². The molecule has 0 fully saturated rings. The van der Waals surface area contributed by atoms with Crippen LogP contribution < -0.4 is 11.0 Å². The smallest absolute Gasteiger partial charge is 0.333 e. The molecule has 0 atom stereocenters. The van der Waals surface area contributed by atoms with E-state index in [0.717, 1.165) is 0 Å². The Kier molecular flexibility index (Phi) is 13.8. The minimum absolute atomic E-state index is 0.0584. The molecule has 0 aromatic carbocycles. The van der Waals surface area contributed by atoms with Crippen LogP contribution in [0.5, 0.6) is 0 Å². The quantitative estimate of drug-likeness (QED) is 0.120. The van der Waals surface area contributed by atoms with E-state index in [9.17, 15) is 19.2 Å². The van der Waals surface area contributed by atoms with Crippen molar-refractivity contribution in [2.75, 3.05) is 26.3 Å². The number of hydrogen-bond acceptors (Lipinski definition) is 10. The number of esters is 2. The molecule has 0 saturated heterocycles. The van der Waals surface area contributed by atoms with Crippen molar-refractivity contribution >= 4 is 23.9 Å². The first-order chi connectivity index (χ1) is 14.4. The van der Waals surface area contributed by atoms with Crippen LogP contribution in [-0.2, 0) is 38.3 Å². The Morgan fingerprint density at radius 2 is 1.10 bits per heavy atom. The third kappa shape index (κ3) is 15.7. The zero-order valence-electron chi connectivity index (χ0n) is 18.8. The lowest BCUT2D eigenvalue weighted by atomic mass is 9.86. The Bertz CT molecular complexity index is 604. The number of hydroxylamine groups is 2. The average molecular weight is 443 g/mol. The van der Waals surface area contributed by atoms with E-state index in [4.69, 9.17) is 19.1 Å². The van der Waals surface area contributed by atoms with Gasteiger partial charge in [-0.15, -0.1) is 0 Å². The number of nitrogens with one attached hydrogen (secondary N) is 2. The standard InChI is InChI=1S/C21H34N2O8/c1-15(2)19(26)28-13-7-17(24)30-22-11-9-21(5,6)10-12-23-31-18(25)8-14-29-20(27)16(3)4/h22-23H,1,3,7-14H2,2,4-6H3. The molecule has 0 amide bonds. The molecule has 2 N–H and O–H groups in total. The highest BCUT2D eigenvalue weighted by molar-refractivity contribution is 5.87. The molecule has 0 aromatic rings. The highest BCUT2D eigenvalue weighted by Gasteiger charge is 2.18. The summed E-state index contributed by atoms with van der Waals surface area (Å²) in [4.78, 5) is 55.2. The van der Waals surface area contributed by atoms with Crippen molar-refractivity contribution in [2.45, 2.75) is 53.4 Å². The van der Waals surface area contributed by atoms with Crippen LogP contribution in [0.15, 0.2) is 24.3 Å². The molecule has 0 unspecified atom stereocenters. The Morgan fingerprint density at radius 3 is 1.42 bits per heavy atom. The first-order valence-corrected chi connectivity index (χ1v) is 9.95. The lowest BCUT2D eigenvalue weighted by molar-refractivity contribution is -0.155. The van der Waals surface area contributed by atoms with Gasteiger partial charge in [-0.05, 0) is 32.1 Å². The van der Waals surface area contributed by atoms with Gasteiger partial charge in [0.2, 0.25) is 0 Å². The van der Waals surface area contributed by atoms with E-state index in [1.165, 1.54) is 13.8 Å². The lowest BCUT2D eigenvalue weighted by Gasteiger charge is -2.24. The minimum atomic E-state index is -0.548. The number of hydrogen-bond donors (Lipinski definition) is 2. The first kappa shape index (κ1) is 28.3. The van der Waals surface area contributed by atoms with Crippen molar-refractivity contribution in [2.24, 2.45) is 5.41 Å². The summed E-state index contributed by atoms with van der Waals surface area (Å²) < 4.78 is 9.63. The summed E-state index contributed by atoms with van der Waals surface area (Å²) >= 11 is 0. The number of rotatable bonds is 16. The monoisotopic (exact) mass is 442 g/mol. The van der Waals surface area contributed by atoms with Gasteiger partial charge >= 0.3 is 23.9 Å². The summed E-state index contributed by atoms with van der Waals surface area (Å²) in [6.07, 6.45) is 1.27. The number of carbonyl (C=O) groups excluding carboxylic acids is 4. The van der Waals surface area contributed by atoms with E-state index in [1.807, 2.05) is 13.8 Å². The van der Waals surface area contributed by atoms with Gasteiger partial charge in [0.25, 0.3) is 0 Å². The van der Waals surface area contributed by atoms with Gasteiger partial charge in [-0.3, -0.25) is 9.59 Å². The summed E-state index contributed by atoms with van der Waals surface area (Å²) in [5.74, 6) is -2.16. The molecule has 0 bridgehead atoms. The molecule has 10 nitrogen and oxygen atoms in total. The molecule has 0 radical (unpaired) electrons. The minimum Gasteiger partial charge on any atom is -0.462 e. The highest BCUT2D eigenvalue weighted by atomic mass is 16.7. The SMILES string of the molecule is C=C(C)C(=O)OCCC(=O)ONCCC(C)(C)CCNOC(=O)CCOC(=O)C(=C)C. The van der Waals surface area contributed by atoms with E-state index in [-0.39, 0.29) is 42.6 Å². The number of ether oxygens (including phenoxy) is 2. The van der Waals surface area contributed by atoms with Crippen LogP contribution >= 0.6 is 0 Å². The predicted molar refractivity (Wildman–Crippen MR) is 112 cm³/mol. The van der Waals surface area contributed by atoms with E-state index in [1.54, 1.807) is 0 Å². The summed E-state index contributed by atoms with van der Waals surface area (Å²) in [5, 5.41) is 0. The summed E-state index contributed by atoms with van der Waals surface area (Å²) in [6, 6.07) is 0. The first-order valence-electron chi connectivity index (χ1n) is 9.95. The fourth-order valence-electron chi connectivity index (χ4n) is 1.97. The third-order valence-corrected chi connectivity index (χ3v) is 3.96. The van der Waals surface area contributed by atoms with Crippen LogP contribution in [0, 0.1) is 5.41 Å². The van der Waals surface area contributed by atoms with Crippen LogP contribution in [0.3, 0.4) is 0 Å². The van der Waals surface area contributed by atoms with Gasteiger partial charge in [0.15, 0.2) is 0 Å². The Hall–Kier alpha value is -2.72. The maximum atomic E-state index is 11.6. The van der Waals surface area contributed by atoms with E-state index < -0.39 is 23.9 Å². The van der Waals surface area contributed by atoms with E-state index in [0.29, 0.717) is 25.9 Å². The largest absolute Gasteiger partial charge is 0.462 e. The average Bonchev–Trinajstić information content (AvgIpc) is 2.68. The second-order valence-electron chi connectivity index (χ2n) is 7.73. The van der Waals surface area contributed by atoms with Gasteiger partial charge in [-0.25, -0.2) is 9.59 Å². The van der Waals surface area contributed by atoms with Crippen LogP contribution in [0.1, 0.15) is 53.4 Å². The molecule has 0 aliphatic rings. The third-order valence-electron chi connectivity index (χ3n) is 3.96. The predicted octanol–water partition coefficient (Wildman–Crippen LogP) is 1.91. The van der Waals surface area contributed by atoms with Gasteiger partial charge in [0, 0.05) is 24.2 Å². The molecular formula is C21H34N2O8. The van der Waals surface area contributed by atoms with Gasteiger partial charge in [0.05, 0.1) is 12.8 Å². The fraction of sp³-hybridized carbons (Fsp3) is 0.619. The van der Waals surface area contributed by atoms with Gasteiger partial charge in [-0.1, -0.05) is 27.0 Å². The molecular weight excluding hydrogens is 408 g/mol. The Balaban J connectivity index is 3.80.